The SMILES string of the molecule is Cn1c(CCN)ccc1CN1CCCC1. The summed E-state index contributed by atoms with van der Waals surface area (Å²) < 4.78 is 2.30. The van der Waals surface area contributed by atoms with Gasteiger partial charge in [0.2, 0.25) is 0 Å². The lowest BCUT2D eigenvalue weighted by molar-refractivity contribution is 0.323. The molecular weight excluding hydrogens is 186 g/mol. The third kappa shape index (κ3) is 2.41. The Balaban J connectivity index is 2.01. The van der Waals surface area contributed by atoms with Crippen LogP contribution in [0.5, 0.6) is 0 Å². The quantitative estimate of drug-likeness (QED) is 0.803. The first-order chi connectivity index (χ1) is 7.31. The Morgan fingerprint density at radius 1 is 1.20 bits per heavy atom. The van der Waals surface area contributed by atoms with Crippen LogP contribution < -0.4 is 5.73 Å². The van der Waals surface area contributed by atoms with Gasteiger partial charge in [-0.05, 0) is 51.0 Å². The minimum Gasteiger partial charge on any atom is -0.350 e. The van der Waals surface area contributed by atoms with Crippen LogP contribution >= 0.6 is 0 Å². The number of nitrogens with two attached hydrogens (primary N) is 1. The average molecular weight is 207 g/mol. The monoisotopic (exact) mass is 207 g/mol. The molecule has 0 atom stereocenters. The molecule has 84 valence electrons. The van der Waals surface area contributed by atoms with Crippen molar-refractivity contribution >= 4 is 0 Å². The molecule has 0 radical (unpaired) electrons. The van der Waals surface area contributed by atoms with E-state index in [1.165, 1.54) is 37.3 Å². The van der Waals surface area contributed by atoms with Gasteiger partial charge in [-0.25, -0.2) is 0 Å². The second kappa shape index (κ2) is 4.81. The third-order valence-corrected chi connectivity index (χ3v) is 3.31. The summed E-state index contributed by atoms with van der Waals surface area (Å²) in [7, 11) is 2.15. The van der Waals surface area contributed by atoms with E-state index in [4.69, 9.17) is 5.73 Å². The molecule has 2 N–H and O–H groups in total. The van der Waals surface area contributed by atoms with E-state index in [1.807, 2.05) is 0 Å². The van der Waals surface area contributed by atoms with E-state index in [9.17, 15) is 0 Å². The van der Waals surface area contributed by atoms with Crippen molar-refractivity contribution in [2.45, 2.75) is 25.8 Å². The largest absolute Gasteiger partial charge is 0.350 e. The Hall–Kier alpha value is -0.800. The lowest BCUT2D eigenvalue weighted by Gasteiger charge is -2.15. The Morgan fingerprint density at radius 2 is 1.87 bits per heavy atom. The Kier molecular flexibility index (Phi) is 3.44. The Labute approximate surface area is 91.9 Å². The highest BCUT2D eigenvalue weighted by molar-refractivity contribution is 5.16. The van der Waals surface area contributed by atoms with Gasteiger partial charge in [0, 0.05) is 25.0 Å². The molecule has 1 fully saturated rings. The van der Waals surface area contributed by atoms with Crippen molar-refractivity contribution in [3.63, 3.8) is 0 Å². The van der Waals surface area contributed by atoms with E-state index < -0.39 is 0 Å². The van der Waals surface area contributed by atoms with Gasteiger partial charge in [-0.3, -0.25) is 4.90 Å². The van der Waals surface area contributed by atoms with Crippen LogP contribution in [0.3, 0.4) is 0 Å². The molecule has 1 aromatic rings. The predicted molar refractivity (Wildman–Crippen MR) is 62.7 cm³/mol. The van der Waals surface area contributed by atoms with Gasteiger partial charge in [-0.15, -0.1) is 0 Å². The van der Waals surface area contributed by atoms with E-state index in [0.717, 1.165) is 19.5 Å². The zero-order chi connectivity index (χ0) is 10.7. The van der Waals surface area contributed by atoms with Gasteiger partial charge in [0.15, 0.2) is 0 Å². The molecule has 2 heterocycles. The van der Waals surface area contributed by atoms with Crippen molar-refractivity contribution in [1.29, 1.82) is 0 Å². The summed E-state index contributed by atoms with van der Waals surface area (Å²) >= 11 is 0. The maximum atomic E-state index is 5.58. The summed E-state index contributed by atoms with van der Waals surface area (Å²) in [4.78, 5) is 2.53. The second-order valence-electron chi connectivity index (χ2n) is 4.40. The number of rotatable bonds is 4. The van der Waals surface area contributed by atoms with Gasteiger partial charge in [0.25, 0.3) is 0 Å². The maximum absolute atomic E-state index is 5.58. The summed E-state index contributed by atoms with van der Waals surface area (Å²) in [6.45, 7) is 4.36. The van der Waals surface area contributed by atoms with Crippen molar-refractivity contribution in [1.82, 2.24) is 9.47 Å². The van der Waals surface area contributed by atoms with Crippen LogP contribution in [0.1, 0.15) is 24.2 Å². The standard InChI is InChI=1S/C12H21N3/c1-14-11(6-7-13)4-5-12(14)10-15-8-2-3-9-15/h4-5H,2-3,6-10,13H2,1H3. The molecule has 0 aliphatic carbocycles. The van der Waals surface area contributed by atoms with E-state index in [0.29, 0.717) is 0 Å². The van der Waals surface area contributed by atoms with Gasteiger partial charge in [0.1, 0.15) is 0 Å². The fourth-order valence-corrected chi connectivity index (χ4v) is 2.33. The third-order valence-electron chi connectivity index (χ3n) is 3.31. The van der Waals surface area contributed by atoms with Crippen molar-refractivity contribution in [2.24, 2.45) is 12.8 Å². The van der Waals surface area contributed by atoms with Gasteiger partial charge >= 0.3 is 0 Å². The van der Waals surface area contributed by atoms with Crippen LogP contribution in [0, 0.1) is 0 Å². The second-order valence-corrected chi connectivity index (χ2v) is 4.40. The zero-order valence-electron chi connectivity index (χ0n) is 9.58. The van der Waals surface area contributed by atoms with Gasteiger partial charge in [-0.1, -0.05) is 0 Å². The molecular formula is C12H21N3. The Morgan fingerprint density at radius 3 is 2.53 bits per heavy atom. The molecule has 3 nitrogen and oxygen atoms in total. The highest BCUT2D eigenvalue weighted by Crippen LogP contribution is 2.14. The van der Waals surface area contributed by atoms with Crippen LogP contribution in [-0.4, -0.2) is 29.1 Å². The van der Waals surface area contributed by atoms with Crippen LogP contribution in [0.25, 0.3) is 0 Å². The lowest BCUT2D eigenvalue weighted by atomic mass is 10.3. The molecule has 1 aliphatic rings. The van der Waals surface area contributed by atoms with E-state index >= 15 is 0 Å². The number of aromatic nitrogens is 1. The summed E-state index contributed by atoms with van der Waals surface area (Å²) in [5, 5.41) is 0. The van der Waals surface area contributed by atoms with Gasteiger partial charge in [-0.2, -0.15) is 0 Å². The molecule has 0 saturated carbocycles. The minimum atomic E-state index is 0.737. The number of hydrogen-bond acceptors (Lipinski definition) is 2. The zero-order valence-corrected chi connectivity index (χ0v) is 9.58. The van der Waals surface area contributed by atoms with Crippen molar-refractivity contribution in [3.8, 4) is 0 Å². The fourth-order valence-electron chi connectivity index (χ4n) is 2.33. The van der Waals surface area contributed by atoms with Crippen LogP contribution in [-0.2, 0) is 20.0 Å². The molecule has 0 amide bonds. The van der Waals surface area contributed by atoms with Crippen LogP contribution in [0.2, 0.25) is 0 Å². The summed E-state index contributed by atoms with van der Waals surface area (Å²) in [6, 6.07) is 4.45. The minimum absolute atomic E-state index is 0.737. The summed E-state index contributed by atoms with van der Waals surface area (Å²) in [6.07, 6.45) is 3.71. The molecule has 15 heavy (non-hydrogen) atoms. The molecule has 0 bridgehead atoms. The van der Waals surface area contributed by atoms with Crippen molar-refractivity contribution in [3.05, 3.63) is 23.5 Å². The van der Waals surface area contributed by atoms with E-state index in [1.54, 1.807) is 0 Å². The van der Waals surface area contributed by atoms with Crippen molar-refractivity contribution in [2.75, 3.05) is 19.6 Å². The summed E-state index contributed by atoms with van der Waals surface area (Å²) in [5.74, 6) is 0. The molecule has 1 aliphatic heterocycles. The van der Waals surface area contributed by atoms with Gasteiger partial charge in [0.05, 0.1) is 0 Å². The molecule has 0 spiro atoms. The normalized spacial score (nSPS) is 17.5. The molecule has 2 rings (SSSR count). The maximum Gasteiger partial charge on any atom is 0.0387 e. The Bertz CT molecular complexity index is 311. The molecule has 0 unspecified atom stereocenters. The first-order valence-electron chi connectivity index (χ1n) is 5.87. The molecule has 0 aromatic carbocycles. The number of likely N-dealkylation sites (tertiary alicyclic amines) is 1. The molecule has 1 aromatic heterocycles. The van der Waals surface area contributed by atoms with E-state index in [-0.39, 0.29) is 0 Å². The first kappa shape index (κ1) is 10.7. The van der Waals surface area contributed by atoms with Crippen molar-refractivity contribution < 1.29 is 0 Å². The highest BCUT2D eigenvalue weighted by atomic mass is 15.2. The summed E-state index contributed by atoms with van der Waals surface area (Å²) in [5.41, 5.74) is 8.35. The average Bonchev–Trinajstić information content (AvgIpc) is 2.83. The lowest BCUT2D eigenvalue weighted by Crippen LogP contribution is -2.20. The topological polar surface area (TPSA) is 34.2 Å². The molecule has 3 heteroatoms. The first-order valence-corrected chi connectivity index (χ1v) is 5.87. The van der Waals surface area contributed by atoms with E-state index in [2.05, 4.69) is 28.6 Å². The van der Waals surface area contributed by atoms with Gasteiger partial charge < -0.3 is 10.3 Å². The molecule has 1 saturated heterocycles. The van der Waals surface area contributed by atoms with Crippen LogP contribution in [0.15, 0.2) is 12.1 Å². The van der Waals surface area contributed by atoms with Crippen LogP contribution in [0.4, 0.5) is 0 Å². The fraction of sp³-hybridized carbons (Fsp3) is 0.667. The smallest absolute Gasteiger partial charge is 0.0387 e. The number of nitrogens with zero attached hydrogens (tertiary/aromatic N) is 2. The highest BCUT2D eigenvalue weighted by Gasteiger charge is 2.13. The predicted octanol–water partition coefficient (Wildman–Crippen LogP) is 1.12. The number of hydrogen-bond donors (Lipinski definition) is 1.